The van der Waals surface area contributed by atoms with Gasteiger partial charge >= 0.3 is 6.09 Å². The Balaban J connectivity index is 0.797. The number of nitrogens with one attached hydrogen (secondary N) is 3. The second-order valence-corrected chi connectivity index (χ2v) is 14.2. The summed E-state index contributed by atoms with van der Waals surface area (Å²) in [6.45, 7) is 4.71. The molecule has 1 amide bonds. The Kier molecular flexibility index (Phi) is 14.7. The van der Waals surface area contributed by atoms with Gasteiger partial charge in [-0.3, -0.25) is 10.1 Å². The fourth-order valence-corrected chi connectivity index (χ4v) is 7.22. The maximum atomic E-state index is 12.7. The number of unbranched alkanes of at least 4 members (excludes halogenated alkanes) is 6. The summed E-state index contributed by atoms with van der Waals surface area (Å²) >= 11 is 0. The molecule has 2 heterocycles. The third-order valence-corrected chi connectivity index (χ3v) is 10.2. The lowest BCUT2D eigenvalue weighted by Crippen LogP contribution is -2.38. The number of aromatic nitrogens is 1. The number of aliphatic hydroxyl groups is 1. The van der Waals surface area contributed by atoms with Crippen molar-refractivity contribution in [2.45, 2.75) is 76.6 Å². The number of para-hydroxylation sites is 1. The van der Waals surface area contributed by atoms with E-state index in [0.29, 0.717) is 24.4 Å². The number of anilines is 1. The number of aliphatic hydroxyl groups excluding tert-OH is 1. The fraction of sp³-hybridized carbons (Fsp3) is 0.378. The molecule has 1 fully saturated rings. The number of benzene rings is 4. The van der Waals surface area contributed by atoms with Gasteiger partial charge < -0.3 is 29.8 Å². The average molecular weight is 731 g/mol. The molecular formula is C45H54N4O5. The topological polar surface area (TPSA) is 116 Å². The van der Waals surface area contributed by atoms with Gasteiger partial charge in [-0.2, -0.15) is 0 Å². The maximum absolute atomic E-state index is 12.7. The van der Waals surface area contributed by atoms with Crippen LogP contribution in [0.2, 0.25) is 0 Å². The van der Waals surface area contributed by atoms with Crippen LogP contribution < -0.4 is 20.9 Å². The van der Waals surface area contributed by atoms with Crippen LogP contribution in [0, 0.1) is 0 Å². The Hall–Kier alpha value is -4.96. The average Bonchev–Trinajstić information content (AvgIpc) is 3.20. The van der Waals surface area contributed by atoms with Crippen molar-refractivity contribution in [2.75, 3.05) is 38.0 Å². The molecule has 1 atom stereocenters. The molecule has 1 aliphatic heterocycles. The third-order valence-electron chi connectivity index (χ3n) is 10.2. The molecule has 1 saturated heterocycles. The van der Waals surface area contributed by atoms with E-state index < -0.39 is 6.10 Å². The van der Waals surface area contributed by atoms with Crippen molar-refractivity contribution in [2.24, 2.45) is 0 Å². The third kappa shape index (κ3) is 11.5. The van der Waals surface area contributed by atoms with Gasteiger partial charge in [0, 0.05) is 36.7 Å². The highest BCUT2D eigenvalue weighted by Gasteiger charge is 2.22. The normalized spacial score (nSPS) is 14.2. The zero-order valence-corrected chi connectivity index (χ0v) is 31.2. The predicted octanol–water partition coefficient (Wildman–Crippen LogP) is 8.84. The monoisotopic (exact) mass is 730 g/mol. The molecule has 9 heteroatoms. The van der Waals surface area contributed by atoms with Crippen molar-refractivity contribution >= 4 is 22.7 Å². The standard InChI is InChI=1S/C45H54N4O5/c50-41(38-22-24-42(44-39(38)23-25-43(51)48-44)53-33-34-16-8-6-9-17-34)32-46-28-14-4-2-1-3-5-15-29-49-30-26-36(27-31-49)54-45(52)47-40-21-13-12-20-37(40)35-18-10-7-11-19-35/h6-13,16-25,36,41,46,50H,1-5,14-15,26-33H2,(H,47,52)(H,48,51)/t41-/m1/s1. The highest BCUT2D eigenvalue weighted by molar-refractivity contribution is 5.91. The van der Waals surface area contributed by atoms with E-state index in [0.717, 1.165) is 78.8 Å². The Bertz CT molecular complexity index is 1940. The molecule has 4 aromatic carbocycles. The maximum Gasteiger partial charge on any atom is 0.411 e. The van der Waals surface area contributed by atoms with E-state index in [4.69, 9.17) is 9.47 Å². The molecule has 1 aliphatic rings. The van der Waals surface area contributed by atoms with E-state index in [1.165, 1.54) is 44.6 Å². The summed E-state index contributed by atoms with van der Waals surface area (Å²) in [7, 11) is 0. The van der Waals surface area contributed by atoms with Crippen LogP contribution >= 0.6 is 0 Å². The van der Waals surface area contributed by atoms with Gasteiger partial charge in [0.05, 0.1) is 17.3 Å². The fourth-order valence-electron chi connectivity index (χ4n) is 7.22. The van der Waals surface area contributed by atoms with Crippen LogP contribution in [0.4, 0.5) is 10.5 Å². The van der Waals surface area contributed by atoms with Crippen molar-refractivity contribution < 1.29 is 19.4 Å². The molecule has 9 nitrogen and oxygen atoms in total. The summed E-state index contributed by atoms with van der Waals surface area (Å²) in [4.78, 5) is 30.3. The summed E-state index contributed by atoms with van der Waals surface area (Å²) in [5.74, 6) is 0.589. The van der Waals surface area contributed by atoms with Crippen molar-refractivity contribution in [3.05, 3.63) is 131 Å². The molecule has 5 aromatic rings. The number of H-pyrrole nitrogens is 1. The number of likely N-dealkylation sites (tertiary alicyclic amines) is 1. The molecule has 284 valence electrons. The first-order chi connectivity index (χ1) is 26.5. The van der Waals surface area contributed by atoms with Crippen molar-refractivity contribution in [3.8, 4) is 16.9 Å². The van der Waals surface area contributed by atoms with Crippen molar-refractivity contribution in [3.63, 3.8) is 0 Å². The van der Waals surface area contributed by atoms with Crippen LogP contribution in [0.25, 0.3) is 22.0 Å². The van der Waals surface area contributed by atoms with E-state index in [2.05, 4.69) is 20.5 Å². The quantitative estimate of drug-likeness (QED) is 0.0628. The van der Waals surface area contributed by atoms with E-state index in [-0.39, 0.29) is 17.8 Å². The first kappa shape index (κ1) is 38.8. The van der Waals surface area contributed by atoms with E-state index in [1.807, 2.05) is 97.1 Å². The van der Waals surface area contributed by atoms with Crippen LogP contribution in [0.5, 0.6) is 5.75 Å². The molecule has 0 bridgehead atoms. The lowest BCUT2D eigenvalue weighted by atomic mass is 10.0. The molecule has 0 radical (unpaired) electrons. The minimum absolute atomic E-state index is 0.0494. The highest BCUT2D eigenvalue weighted by atomic mass is 16.6. The molecule has 54 heavy (non-hydrogen) atoms. The summed E-state index contributed by atoms with van der Waals surface area (Å²) in [5, 5.41) is 18.2. The number of hydrogen-bond donors (Lipinski definition) is 4. The SMILES string of the molecule is O=C(Nc1ccccc1-c1ccccc1)OC1CCN(CCCCCCCCCNC[C@@H](O)c2ccc(OCc3ccccc3)c3[nH]c(=O)ccc23)CC1. The Morgan fingerprint density at radius 3 is 2.26 bits per heavy atom. The number of piperidine rings is 1. The minimum Gasteiger partial charge on any atom is -0.487 e. The van der Waals surface area contributed by atoms with E-state index >= 15 is 0 Å². The van der Waals surface area contributed by atoms with Crippen LogP contribution in [0.1, 0.15) is 75.0 Å². The molecule has 4 N–H and O–H groups in total. The lowest BCUT2D eigenvalue weighted by Gasteiger charge is -2.31. The number of aromatic amines is 1. The van der Waals surface area contributed by atoms with E-state index in [1.54, 1.807) is 6.07 Å². The number of carbonyl (C=O) groups excluding carboxylic acids is 1. The number of pyridine rings is 1. The minimum atomic E-state index is -0.701. The zero-order chi connectivity index (χ0) is 37.4. The smallest absolute Gasteiger partial charge is 0.411 e. The number of rotatable bonds is 19. The number of carbonyl (C=O) groups is 1. The summed E-state index contributed by atoms with van der Waals surface area (Å²) in [6, 6.07) is 34.7. The molecular weight excluding hydrogens is 677 g/mol. The Morgan fingerprint density at radius 1 is 0.796 bits per heavy atom. The summed E-state index contributed by atoms with van der Waals surface area (Å²) in [5.41, 5.74) is 5.01. The first-order valence-corrected chi connectivity index (χ1v) is 19.6. The molecule has 0 unspecified atom stereocenters. The second-order valence-electron chi connectivity index (χ2n) is 14.2. The highest BCUT2D eigenvalue weighted by Crippen LogP contribution is 2.31. The van der Waals surface area contributed by atoms with Crippen molar-refractivity contribution in [1.29, 1.82) is 0 Å². The number of hydrogen-bond acceptors (Lipinski definition) is 7. The van der Waals surface area contributed by atoms with Gasteiger partial charge in [0.2, 0.25) is 5.56 Å². The Morgan fingerprint density at radius 2 is 1.48 bits per heavy atom. The van der Waals surface area contributed by atoms with Crippen LogP contribution in [-0.2, 0) is 11.3 Å². The van der Waals surface area contributed by atoms with Crippen LogP contribution in [0.15, 0.2) is 114 Å². The summed E-state index contributed by atoms with van der Waals surface area (Å²) < 4.78 is 11.9. The summed E-state index contributed by atoms with van der Waals surface area (Å²) in [6.07, 6.45) is 8.98. The van der Waals surface area contributed by atoms with Gasteiger partial charge in [0.15, 0.2) is 0 Å². The molecule has 6 rings (SSSR count). The van der Waals surface area contributed by atoms with Crippen LogP contribution in [-0.4, -0.2) is 59.9 Å². The number of ether oxygens (including phenoxy) is 2. The second kappa shape index (κ2) is 20.5. The molecule has 0 aliphatic carbocycles. The van der Waals surface area contributed by atoms with Gasteiger partial charge in [0.25, 0.3) is 0 Å². The van der Waals surface area contributed by atoms with Gasteiger partial charge in [0.1, 0.15) is 18.5 Å². The predicted molar refractivity (Wildman–Crippen MR) is 217 cm³/mol. The van der Waals surface area contributed by atoms with Gasteiger partial charge in [-0.1, -0.05) is 117 Å². The molecule has 0 saturated carbocycles. The van der Waals surface area contributed by atoms with Gasteiger partial charge in [-0.25, -0.2) is 4.79 Å². The van der Waals surface area contributed by atoms with Gasteiger partial charge in [-0.15, -0.1) is 0 Å². The van der Waals surface area contributed by atoms with Crippen LogP contribution in [0.3, 0.4) is 0 Å². The Labute approximate surface area is 318 Å². The molecule has 1 aromatic heterocycles. The van der Waals surface area contributed by atoms with Crippen molar-refractivity contribution in [1.82, 2.24) is 15.2 Å². The largest absolute Gasteiger partial charge is 0.487 e. The number of fused-ring (bicyclic) bond motifs is 1. The van der Waals surface area contributed by atoms with E-state index in [9.17, 15) is 14.7 Å². The number of nitrogens with zero attached hydrogens (tertiary/aromatic N) is 1. The van der Waals surface area contributed by atoms with Gasteiger partial charge in [-0.05, 0) is 73.7 Å². The zero-order valence-electron chi connectivity index (χ0n) is 31.2. The molecule has 0 spiro atoms. The lowest BCUT2D eigenvalue weighted by molar-refractivity contribution is 0.0584. The first-order valence-electron chi connectivity index (χ1n) is 19.6. The number of amides is 1.